The lowest BCUT2D eigenvalue weighted by atomic mass is 10.2. The molecular weight excluding hydrogens is 374 g/mol. The van der Waals surface area contributed by atoms with E-state index in [1.165, 1.54) is 11.8 Å². The minimum absolute atomic E-state index is 0.103. The Labute approximate surface area is 167 Å². The Morgan fingerprint density at radius 3 is 2.70 bits per heavy atom. The van der Waals surface area contributed by atoms with E-state index in [0.29, 0.717) is 6.42 Å². The Morgan fingerprint density at radius 2 is 1.96 bits per heavy atom. The number of benzene rings is 2. The van der Waals surface area contributed by atoms with Gasteiger partial charge in [0.2, 0.25) is 0 Å². The summed E-state index contributed by atoms with van der Waals surface area (Å²) in [6, 6.07) is 18.0. The number of carbonyl (C=O) groups is 1. The molecule has 2 aromatic carbocycles. The number of thiazole rings is 1. The molecule has 0 bridgehead atoms. The minimum Gasteiger partial charge on any atom is -0.272 e. The van der Waals surface area contributed by atoms with E-state index in [9.17, 15) is 4.79 Å². The molecule has 0 radical (unpaired) electrons. The van der Waals surface area contributed by atoms with Crippen LogP contribution in [0.15, 0.2) is 70.1 Å². The van der Waals surface area contributed by atoms with Gasteiger partial charge in [-0.05, 0) is 37.1 Å². The third-order valence-electron chi connectivity index (χ3n) is 3.84. The molecule has 3 rings (SSSR count). The van der Waals surface area contributed by atoms with Gasteiger partial charge >= 0.3 is 0 Å². The van der Waals surface area contributed by atoms with E-state index >= 15 is 0 Å². The fourth-order valence-corrected chi connectivity index (χ4v) is 4.61. The van der Waals surface area contributed by atoms with Crippen molar-refractivity contribution in [1.82, 2.24) is 10.4 Å². The molecule has 1 atom stereocenters. The van der Waals surface area contributed by atoms with Gasteiger partial charge in [0.1, 0.15) is 0 Å². The van der Waals surface area contributed by atoms with Crippen molar-refractivity contribution in [2.24, 2.45) is 5.10 Å². The lowest BCUT2D eigenvalue weighted by Gasteiger charge is -2.10. The molecule has 0 aliphatic carbocycles. The molecule has 0 spiro atoms. The summed E-state index contributed by atoms with van der Waals surface area (Å²) in [5.41, 5.74) is 5.49. The number of nitrogens with one attached hydrogen (secondary N) is 1. The Morgan fingerprint density at radius 1 is 1.22 bits per heavy atom. The molecule has 0 saturated heterocycles. The van der Waals surface area contributed by atoms with Crippen molar-refractivity contribution >= 4 is 51.0 Å². The van der Waals surface area contributed by atoms with Crippen LogP contribution in [-0.4, -0.2) is 21.9 Å². The molecule has 0 saturated carbocycles. The van der Waals surface area contributed by atoms with Gasteiger partial charge in [0, 0.05) is 0 Å². The molecule has 0 aliphatic heterocycles. The van der Waals surface area contributed by atoms with E-state index in [4.69, 9.17) is 0 Å². The number of hydrazone groups is 1. The highest BCUT2D eigenvalue weighted by Gasteiger charge is 2.19. The maximum absolute atomic E-state index is 12.5. The standard InChI is InChI=1S/C21H21N3OS2/c1-3-18(26-21-22-17-11-7-8-12-19(17)27-21)20(25)24-23-15(2)13-14-16-9-5-4-6-10-16/h4-14,18H,3H2,1-2H3,(H,24,25). The van der Waals surface area contributed by atoms with Crippen LogP contribution in [-0.2, 0) is 4.79 Å². The normalized spacial score (nSPS) is 13.2. The zero-order chi connectivity index (χ0) is 19.1. The van der Waals surface area contributed by atoms with E-state index in [-0.39, 0.29) is 11.2 Å². The molecule has 1 N–H and O–H groups in total. The predicted octanol–water partition coefficient (Wildman–Crippen LogP) is 5.37. The van der Waals surface area contributed by atoms with E-state index in [2.05, 4.69) is 15.5 Å². The van der Waals surface area contributed by atoms with Crippen molar-refractivity contribution in [2.45, 2.75) is 29.9 Å². The van der Waals surface area contributed by atoms with Gasteiger partial charge in [-0.15, -0.1) is 11.3 Å². The summed E-state index contributed by atoms with van der Waals surface area (Å²) in [5.74, 6) is -0.103. The molecule has 27 heavy (non-hydrogen) atoms. The van der Waals surface area contributed by atoms with Gasteiger partial charge in [-0.2, -0.15) is 5.10 Å². The Balaban J connectivity index is 1.60. The van der Waals surface area contributed by atoms with Crippen molar-refractivity contribution in [1.29, 1.82) is 0 Å². The van der Waals surface area contributed by atoms with Crippen LogP contribution in [0.2, 0.25) is 0 Å². The first-order valence-electron chi connectivity index (χ1n) is 8.75. The number of amides is 1. The Kier molecular flexibility index (Phi) is 6.79. The second-order valence-electron chi connectivity index (χ2n) is 5.94. The smallest absolute Gasteiger partial charge is 0.253 e. The summed E-state index contributed by atoms with van der Waals surface area (Å²) < 4.78 is 2.04. The summed E-state index contributed by atoms with van der Waals surface area (Å²) in [7, 11) is 0. The monoisotopic (exact) mass is 395 g/mol. The summed E-state index contributed by atoms with van der Waals surface area (Å²) in [6.07, 6.45) is 4.57. The maximum atomic E-state index is 12.5. The van der Waals surface area contributed by atoms with Gasteiger partial charge in [-0.3, -0.25) is 4.79 Å². The lowest BCUT2D eigenvalue weighted by molar-refractivity contribution is -0.120. The summed E-state index contributed by atoms with van der Waals surface area (Å²) in [4.78, 5) is 17.1. The van der Waals surface area contributed by atoms with Crippen molar-refractivity contribution in [3.63, 3.8) is 0 Å². The van der Waals surface area contributed by atoms with Crippen LogP contribution >= 0.6 is 23.1 Å². The number of aromatic nitrogens is 1. The second-order valence-corrected chi connectivity index (χ2v) is 8.42. The number of para-hydroxylation sites is 1. The average Bonchev–Trinajstić information content (AvgIpc) is 3.12. The molecule has 0 fully saturated rings. The van der Waals surface area contributed by atoms with Crippen LogP contribution in [0.1, 0.15) is 25.8 Å². The third-order valence-corrected chi connectivity index (χ3v) is 6.33. The minimum atomic E-state index is -0.222. The molecule has 4 nitrogen and oxygen atoms in total. The number of fused-ring (bicyclic) bond motifs is 1. The van der Waals surface area contributed by atoms with Gasteiger partial charge < -0.3 is 0 Å². The summed E-state index contributed by atoms with van der Waals surface area (Å²) >= 11 is 3.11. The first-order chi connectivity index (χ1) is 13.2. The van der Waals surface area contributed by atoms with E-state index in [0.717, 1.165) is 25.8 Å². The van der Waals surface area contributed by atoms with Crippen molar-refractivity contribution in [3.8, 4) is 0 Å². The Hall–Kier alpha value is -2.44. The van der Waals surface area contributed by atoms with Gasteiger partial charge in [-0.1, -0.05) is 67.2 Å². The summed E-state index contributed by atoms with van der Waals surface area (Å²) in [5, 5.41) is 3.97. The van der Waals surface area contributed by atoms with Crippen LogP contribution in [0.25, 0.3) is 16.3 Å². The number of hydrogen-bond acceptors (Lipinski definition) is 5. The first kappa shape index (κ1) is 19.3. The fraction of sp³-hybridized carbons (Fsp3) is 0.190. The third kappa shape index (κ3) is 5.52. The number of carbonyl (C=O) groups excluding carboxylic acids is 1. The van der Waals surface area contributed by atoms with Crippen LogP contribution in [0.5, 0.6) is 0 Å². The molecule has 1 heterocycles. The van der Waals surface area contributed by atoms with Crippen LogP contribution in [0.4, 0.5) is 0 Å². The molecule has 3 aromatic rings. The van der Waals surface area contributed by atoms with Crippen LogP contribution < -0.4 is 5.43 Å². The highest BCUT2D eigenvalue weighted by Crippen LogP contribution is 2.33. The van der Waals surface area contributed by atoms with Crippen molar-refractivity contribution in [2.75, 3.05) is 0 Å². The van der Waals surface area contributed by atoms with Crippen molar-refractivity contribution < 1.29 is 4.79 Å². The summed E-state index contributed by atoms with van der Waals surface area (Å²) in [6.45, 7) is 3.86. The predicted molar refractivity (Wildman–Crippen MR) is 116 cm³/mol. The number of thioether (sulfide) groups is 1. The van der Waals surface area contributed by atoms with Gasteiger partial charge in [0.05, 0.1) is 21.2 Å². The topological polar surface area (TPSA) is 54.4 Å². The van der Waals surface area contributed by atoms with Gasteiger partial charge in [0.25, 0.3) is 5.91 Å². The molecule has 1 amide bonds. The van der Waals surface area contributed by atoms with E-state index < -0.39 is 0 Å². The largest absolute Gasteiger partial charge is 0.272 e. The molecule has 6 heteroatoms. The number of allylic oxidation sites excluding steroid dienone is 1. The zero-order valence-electron chi connectivity index (χ0n) is 15.3. The van der Waals surface area contributed by atoms with E-state index in [1.54, 1.807) is 11.3 Å². The molecular formula is C21H21N3OS2. The van der Waals surface area contributed by atoms with Gasteiger partial charge in [-0.25, -0.2) is 10.4 Å². The first-order valence-corrected chi connectivity index (χ1v) is 10.4. The van der Waals surface area contributed by atoms with Gasteiger partial charge in [0.15, 0.2) is 4.34 Å². The molecule has 138 valence electrons. The second kappa shape index (κ2) is 9.48. The molecule has 1 aromatic heterocycles. The fourth-order valence-electron chi connectivity index (χ4n) is 2.38. The highest BCUT2D eigenvalue weighted by atomic mass is 32.2. The molecule has 1 unspecified atom stereocenters. The SMILES string of the molecule is CCC(Sc1nc2ccccc2s1)C(=O)NN=C(C)C=Cc1ccccc1. The Bertz CT molecular complexity index is 931. The molecule has 0 aliphatic rings. The number of nitrogens with zero attached hydrogens (tertiary/aromatic N) is 2. The van der Waals surface area contributed by atoms with Crippen molar-refractivity contribution in [3.05, 3.63) is 66.2 Å². The van der Waals surface area contributed by atoms with E-state index in [1.807, 2.05) is 80.6 Å². The average molecular weight is 396 g/mol. The number of rotatable bonds is 7. The quantitative estimate of drug-likeness (QED) is 0.332. The van der Waals surface area contributed by atoms with Crippen LogP contribution in [0, 0.1) is 0 Å². The lowest BCUT2D eigenvalue weighted by Crippen LogP contribution is -2.29. The highest BCUT2D eigenvalue weighted by molar-refractivity contribution is 8.02. The number of hydrogen-bond donors (Lipinski definition) is 1. The zero-order valence-corrected chi connectivity index (χ0v) is 16.9. The maximum Gasteiger partial charge on any atom is 0.253 e. The van der Waals surface area contributed by atoms with Crippen LogP contribution in [0.3, 0.4) is 0 Å².